The zero-order valence-electron chi connectivity index (χ0n) is 23.1. The van der Waals surface area contributed by atoms with Gasteiger partial charge in [-0.2, -0.15) is 0 Å². The van der Waals surface area contributed by atoms with Gasteiger partial charge in [0.25, 0.3) is 0 Å². The van der Waals surface area contributed by atoms with Gasteiger partial charge in [0.1, 0.15) is 0 Å². The maximum absolute atomic E-state index is 12.6. The van der Waals surface area contributed by atoms with Crippen LogP contribution in [0.25, 0.3) is 0 Å². The summed E-state index contributed by atoms with van der Waals surface area (Å²) in [7, 11) is 3.31. The van der Waals surface area contributed by atoms with Gasteiger partial charge in [-0.1, -0.05) is 53.5 Å². The highest BCUT2D eigenvalue weighted by molar-refractivity contribution is 5.81. The number of hydrogen-bond acceptors (Lipinski definition) is 6. The van der Waals surface area contributed by atoms with E-state index in [4.69, 9.17) is 19.9 Å². The van der Waals surface area contributed by atoms with Gasteiger partial charge < -0.3 is 30.4 Å². The normalized spacial score (nSPS) is 14.5. The molecule has 0 spiro atoms. The Hall–Kier alpha value is -1.83. The SMILES string of the molecule is CCCCC(C)(C)C(=O)NC[C@H](O)[C@@H](N)C[C@H](Cc1ccc(OC)c(OCCCOC)c1)C(C)C. The molecule has 0 bridgehead atoms. The summed E-state index contributed by atoms with van der Waals surface area (Å²) in [5, 5.41) is 13.6. The second-order valence-corrected chi connectivity index (χ2v) is 10.6. The molecular formula is C28H50N2O5. The summed E-state index contributed by atoms with van der Waals surface area (Å²) < 4.78 is 16.5. The van der Waals surface area contributed by atoms with Crippen molar-refractivity contribution in [3.63, 3.8) is 0 Å². The van der Waals surface area contributed by atoms with Crippen LogP contribution in [0.3, 0.4) is 0 Å². The number of nitrogens with one attached hydrogen (secondary N) is 1. The van der Waals surface area contributed by atoms with Crippen molar-refractivity contribution >= 4 is 5.91 Å². The van der Waals surface area contributed by atoms with Crippen molar-refractivity contribution in [3.05, 3.63) is 23.8 Å². The van der Waals surface area contributed by atoms with Crippen molar-refractivity contribution < 1.29 is 24.1 Å². The first-order chi connectivity index (χ1) is 16.5. The molecule has 35 heavy (non-hydrogen) atoms. The summed E-state index contributed by atoms with van der Waals surface area (Å²) in [5.41, 5.74) is 7.09. The van der Waals surface area contributed by atoms with Gasteiger partial charge in [-0.15, -0.1) is 0 Å². The number of carbonyl (C=O) groups is 1. The Balaban J connectivity index is 2.73. The number of amides is 1. The Morgan fingerprint density at radius 3 is 2.46 bits per heavy atom. The second kappa shape index (κ2) is 16.0. The molecule has 202 valence electrons. The fourth-order valence-corrected chi connectivity index (χ4v) is 4.07. The number of unbranched alkanes of at least 4 members (excludes halogenated alkanes) is 1. The van der Waals surface area contributed by atoms with Crippen LogP contribution in [-0.4, -0.2) is 57.1 Å². The molecule has 0 aliphatic heterocycles. The third-order valence-electron chi connectivity index (χ3n) is 6.73. The summed E-state index contributed by atoms with van der Waals surface area (Å²) >= 11 is 0. The van der Waals surface area contributed by atoms with Crippen LogP contribution in [0.15, 0.2) is 18.2 Å². The van der Waals surface area contributed by atoms with Gasteiger partial charge in [0.2, 0.25) is 5.91 Å². The fourth-order valence-electron chi connectivity index (χ4n) is 4.07. The molecule has 0 aromatic heterocycles. The lowest BCUT2D eigenvalue weighted by Crippen LogP contribution is -2.47. The lowest BCUT2D eigenvalue weighted by molar-refractivity contribution is -0.130. The number of nitrogens with two attached hydrogens (primary N) is 1. The molecule has 1 amide bonds. The molecule has 1 aromatic carbocycles. The Kier molecular flexibility index (Phi) is 14.3. The molecular weight excluding hydrogens is 444 g/mol. The van der Waals surface area contributed by atoms with Crippen molar-refractivity contribution in [2.24, 2.45) is 23.0 Å². The van der Waals surface area contributed by atoms with Crippen molar-refractivity contribution in [3.8, 4) is 11.5 Å². The Bertz CT molecular complexity index is 738. The summed E-state index contributed by atoms with van der Waals surface area (Å²) in [4.78, 5) is 12.6. The van der Waals surface area contributed by atoms with Gasteiger partial charge in [0, 0.05) is 38.1 Å². The molecule has 0 radical (unpaired) electrons. The smallest absolute Gasteiger partial charge is 0.225 e. The summed E-state index contributed by atoms with van der Waals surface area (Å²) in [5.74, 6) is 2.04. The van der Waals surface area contributed by atoms with Gasteiger partial charge in [-0.05, 0) is 48.8 Å². The first-order valence-corrected chi connectivity index (χ1v) is 13.1. The maximum Gasteiger partial charge on any atom is 0.225 e. The average molecular weight is 495 g/mol. The lowest BCUT2D eigenvalue weighted by atomic mass is 9.83. The number of rotatable bonds is 18. The van der Waals surface area contributed by atoms with Crippen LogP contribution in [0.4, 0.5) is 0 Å². The van der Waals surface area contributed by atoms with Crippen molar-refractivity contribution in [2.45, 2.75) is 85.3 Å². The Morgan fingerprint density at radius 2 is 1.86 bits per heavy atom. The monoisotopic (exact) mass is 494 g/mol. The van der Waals surface area contributed by atoms with Crippen LogP contribution in [0.1, 0.15) is 72.3 Å². The molecule has 0 saturated carbocycles. The van der Waals surface area contributed by atoms with E-state index in [0.29, 0.717) is 31.3 Å². The molecule has 0 fully saturated rings. The van der Waals surface area contributed by atoms with E-state index in [9.17, 15) is 9.90 Å². The number of aliphatic hydroxyl groups excluding tert-OH is 1. The molecule has 7 heteroatoms. The molecule has 3 atom stereocenters. The number of carbonyl (C=O) groups excluding carboxylic acids is 1. The topological polar surface area (TPSA) is 103 Å². The van der Waals surface area contributed by atoms with Crippen LogP contribution < -0.4 is 20.5 Å². The van der Waals surface area contributed by atoms with Crippen LogP contribution in [-0.2, 0) is 16.0 Å². The van der Waals surface area contributed by atoms with Gasteiger partial charge >= 0.3 is 0 Å². The van der Waals surface area contributed by atoms with E-state index in [0.717, 1.165) is 43.4 Å². The van der Waals surface area contributed by atoms with E-state index in [2.05, 4.69) is 32.2 Å². The fraction of sp³-hybridized carbons (Fsp3) is 0.750. The number of aliphatic hydroxyl groups is 1. The molecule has 1 aromatic rings. The highest BCUT2D eigenvalue weighted by Crippen LogP contribution is 2.31. The second-order valence-electron chi connectivity index (χ2n) is 10.6. The van der Waals surface area contributed by atoms with Crippen molar-refractivity contribution in [2.75, 3.05) is 34.0 Å². The third kappa shape index (κ3) is 11.2. The van der Waals surface area contributed by atoms with E-state index in [1.54, 1.807) is 14.2 Å². The number of benzene rings is 1. The van der Waals surface area contributed by atoms with Crippen LogP contribution in [0.5, 0.6) is 11.5 Å². The van der Waals surface area contributed by atoms with Crippen molar-refractivity contribution in [1.82, 2.24) is 5.32 Å². The van der Waals surface area contributed by atoms with E-state index in [-0.39, 0.29) is 18.4 Å². The Morgan fingerprint density at radius 1 is 1.14 bits per heavy atom. The minimum atomic E-state index is -0.794. The number of ether oxygens (including phenoxy) is 3. The summed E-state index contributed by atoms with van der Waals surface area (Å²) in [6, 6.07) is 5.59. The van der Waals surface area contributed by atoms with Gasteiger partial charge in [-0.25, -0.2) is 0 Å². The highest BCUT2D eigenvalue weighted by atomic mass is 16.5. The van der Waals surface area contributed by atoms with E-state index >= 15 is 0 Å². The molecule has 7 nitrogen and oxygen atoms in total. The molecule has 0 unspecified atom stereocenters. The number of hydrogen-bond donors (Lipinski definition) is 3. The van der Waals surface area contributed by atoms with Gasteiger partial charge in [0.05, 0.1) is 19.8 Å². The summed E-state index contributed by atoms with van der Waals surface area (Å²) in [6.07, 6.45) is 4.36. The first kappa shape index (κ1) is 31.2. The lowest BCUT2D eigenvalue weighted by Gasteiger charge is -2.29. The maximum atomic E-state index is 12.6. The molecule has 4 N–H and O–H groups in total. The van der Waals surface area contributed by atoms with Crippen LogP contribution in [0, 0.1) is 17.3 Å². The minimum Gasteiger partial charge on any atom is -0.493 e. The van der Waals surface area contributed by atoms with E-state index in [1.807, 2.05) is 26.0 Å². The zero-order valence-corrected chi connectivity index (χ0v) is 23.1. The Labute approximate surface area is 213 Å². The first-order valence-electron chi connectivity index (χ1n) is 13.1. The third-order valence-corrected chi connectivity index (χ3v) is 6.73. The van der Waals surface area contributed by atoms with Crippen molar-refractivity contribution in [1.29, 1.82) is 0 Å². The number of methoxy groups -OCH3 is 2. The van der Waals surface area contributed by atoms with Gasteiger partial charge in [0.15, 0.2) is 11.5 Å². The standard InChI is InChI=1S/C28H50N2O5/c1-8-9-13-28(4,5)27(32)30-19-24(31)23(29)18-22(20(2)3)16-21-11-12-25(34-7)26(17-21)35-15-10-14-33-6/h11-12,17,20,22-24,31H,8-10,13-16,18-19,29H2,1-7H3,(H,30,32)/t22-,23-,24-/m0/s1. The molecule has 0 aliphatic carbocycles. The largest absolute Gasteiger partial charge is 0.493 e. The van der Waals surface area contributed by atoms with E-state index in [1.165, 1.54) is 0 Å². The van der Waals surface area contributed by atoms with Gasteiger partial charge in [-0.3, -0.25) is 4.79 Å². The van der Waals surface area contributed by atoms with Crippen LogP contribution >= 0.6 is 0 Å². The predicted molar refractivity (Wildman–Crippen MR) is 142 cm³/mol. The molecule has 0 aliphatic rings. The zero-order chi connectivity index (χ0) is 26.4. The quantitative estimate of drug-likeness (QED) is 0.262. The molecule has 0 saturated heterocycles. The van der Waals surface area contributed by atoms with Crippen LogP contribution in [0.2, 0.25) is 0 Å². The predicted octanol–water partition coefficient (Wildman–Crippen LogP) is 4.34. The highest BCUT2D eigenvalue weighted by Gasteiger charge is 2.28. The molecule has 1 rings (SSSR count). The van der Waals surface area contributed by atoms with E-state index < -0.39 is 17.6 Å². The minimum absolute atomic E-state index is 0.0335. The average Bonchev–Trinajstić information content (AvgIpc) is 2.83. The summed E-state index contributed by atoms with van der Waals surface area (Å²) in [6.45, 7) is 11.7. The molecule has 0 heterocycles.